The van der Waals surface area contributed by atoms with Crippen LogP contribution in [0.2, 0.25) is 0 Å². The summed E-state index contributed by atoms with van der Waals surface area (Å²) in [6, 6.07) is 13.8. The highest BCUT2D eigenvalue weighted by Crippen LogP contribution is 2.36. The monoisotopic (exact) mass is 289 g/mol. The number of aryl methyl sites for hydroxylation is 1. The molecule has 109 valence electrons. The van der Waals surface area contributed by atoms with E-state index in [4.69, 9.17) is 0 Å². The summed E-state index contributed by atoms with van der Waals surface area (Å²) < 4.78 is 38.3. The molecule has 0 aliphatic heterocycles. The van der Waals surface area contributed by atoms with Gasteiger partial charge in [-0.15, -0.1) is 0 Å². The van der Waals surface area contributed by atoms with Crippen molar-refractivity contribution in [2.24, 2.45) is 0 Å². The second kappa shape index (κ2) is 5.55. The molecule has 1 atom stereocenters. The highest BCUT2D eigenvalue weighted by molar-refractivity contribution is 5.39. The minimum absolute atomic E-state index is 0.207. The standard InChI is InChI=1S/C18H16F3/c19-18(20,21)16-9-3-5-13(12-16)11-15-8-4-7-14-6-1-2-10-17(14)15/h1-3,5-6,9-12,15H,4,7-8H2. The van der Waals surface area contributed by atoms with Crippen molar-refractivity contribution in [2.45, 2.75) is 31.4 Å². The molecule has 0 saturated heterocycles. The average molecular weight is 289 g/mol. The van der Waals surface area contributed by atoms with Gasteiger partial charge in [-0.05, 0) is 54.4 Å². The molecule has 3 rings (SSSR count). The topological polar surface area (TPSA) is 0 Å². The van der Waals surface area contributed by atoms with E-state index in [1.807, 2.05) is 18.6 Å². The Hall–Kier alpha value is -1.77. The van der Waals surface area contributed by atoms with E-state index in [0.717, 1.165) is 25.3 Å². The average Bonchev–Trinajstić information content (AvgIpc) is 2.47. The van der Waals surface area contributed by atoms with Crippen molar-refractivity contribution in [1.29, 1.82) is 0 Å². The highest BCUT2D eigenvalue weighted by Gasteiger charge is 2.30. The molecule has 1 aliphatic rings. The van der Waals surface area contributed by atoms with Crippen molar-refractivity contribution in [1.82, 2.24) is 0 Å². The predicted molar refractivity (Wildman–Crippen MR) is 77.0 cm³/mol. The quantitative estimate of drug-likeness (QED) is 0.696. The van der Waals surface area contributed by atoms with Gasteiger partial charge in [0.2, 0.25) is 0 Å². The van der Waals surface area contributed by atoms with Gasteiger partial charge < -0.3 is 0 Å². The van der Waals surface area contributed by atoms with Crippen LogP contribution in [0.3, 0.4) is 0 Å². The zero-order valence-electron chi connectivity index (χ0n) is 11.5. The number of hydrogen-bond donors (Lipinski definition) is 0. The molecule has 3 heteroatoms. The number of hydrogen-bond acceptors (Lipinski definition) is 0. The van der Waals surface area contributed by atoms with E-state index in [2.05, 4.69) is 12.1 Å². The smallest absolute Gasteiger partial charge is 0.166 e. The zero-order valence-corrected chi connectivity index (χ0v) is 11.5. The van der Waals surface area contributed by atoms with E-state index in [1.165, 1.54) is 23.3 Å². The molecule has 1 unspecified atom stereocenters. The lowest BCUT2D eigenvalue weighted by molar-refractivity contribution is -0.137. The Balaban J connectivity index is 1.85. The van der Waals surface area contributed by atoms with Gasteiger partial charge in [0, 0.05) is 0 Å². The fraction of sp³-hybridized carbons (Fsp3) is 0.278. The number of fused-ring (bicyclic) bond motifs is 1. The van der Waals surface area contributed by atoms with Crippen LogP contribution in [0.4, 0.5) is 13.2 Å². The Labute approximate surface area is 122 Å². The molecule has 0 saturated carbocycles. The van der Waals surface area contributed by atoms with Gasteiger partial charge in [0.25, 0.3) is 0 Å². The van der Waals surface area contributed by atoms with E-state index in [9.17, 15) is 13.2 Å². The second-order valence-electron chi connectivity index (χ2n) is 5.49. The van der Waals surface area contributed by atoms with Gasteiger partial charge in [0.15, 0.2) is 0 Å². The maximum absolute atomic E-state index is 12.8. The molecular weight excluding hydrogens is 273 g/mol. The van der Waals surface area contributed by atoms with Crippen molar-refractivity contribution in [3.05, 3.63) is 77.2 Å². The second-order valence-corrected chi connectivity index (χ2v) is 5.49. The molecule has 2 aromatic carbocycles. The molecule has 1 radical (unpaired) electrons. The Morgan fingerprint density at radius 1 is 1.00 bits per heavy atom. The van der Waals surface area contributed by atoms with Crippen LogP contribution in [0.15, 0.2) is 48.5 Å². The molecule has 0 amide bonds. The maximum atomic E-state index is 12.8. The van der Waals surface area contributed by atoms with Crippen molar-refractivity contribution in [2.75, 3.05) is 0 Å². The van der Waals surface area contributed by atoms with Gasteiger partial charge in [-0.2, -0.15) is 13.2 Å². The molecule has 0 fully saturated rings. The van der Waals surface area contributed by atoms with E-state index in [-0.39, 0.29) is 5.92 Å². The first-order valence-corrected chi connectivity index (χ1v) is 7.14. The first-order chi connectivity index (χ1) is 10.0. The summed E-state index contributed by atoms with van der Waals surface area (Å²) >= 11 is 0. The molecular formula is C18H16F3. The van der Waals surface area contributed by atoms with Gasteiger partial charge in [0.1, 0.15) is 0 Å². The van der Waals surface area contributed by atoms with Gasteiger partial charge >= 0.3 is 6.18 Å². The predicted octanol–water partition coefficient (Wildman–Crippen LogP) is 5.38. The summed E-state index contributed by atoms with van der Waals surface area (Å²) in [5.41, 5.74) is 2.63. The van der Waals surface area contributed by atoms with Gasteiger partial charge in [-0.25, -0.2) is 0 Å². The number of benzene rings is 2. The van der Waals surface area contributed by atoms with Crippen LogP contribution in [-0.4, -0.2) is 0 Å². The number of alkyl halides is 3. The van der Waals surface area contributed by atoms with E-state index in [0.29, 0.717) is 5.56 Å². The molecule has 0 bridgehead atoms. The third-order valence-corrected chi connectivity index (χ3v) is 4.02. The molecule has 0 spiro atoms. The van der Waals surface area contributed by atoms with E-state index in [1.54, 1.807) is 6.07 Å². The lowest BCUT2D eigenvalue weighted by Gasteiger charge is -2.25. The van der Waals surface area contributed by atoms with Gasteiger partial charge in [0.05, 0.1) is 5.56 Å². The van der Waals surface area contributed by atoms with Crippen molar-refractivity contribution in [3.8, 4) is 0 Å². The van der Waals surface area contributed by atoms with Crippen LogP contribution < -0.4 is 0 Å². The Kier molecular flexibility index (Phi) is 3.75. The van der Waals surface area contributed by atoms with E-state index >= 15 is 0 Å². The van der Waals surface area contributed by atoms with E-state index < -0.39 is 11.7 Å². The number of halogens is 3. The zero-order chi connectivity index (χ0) is 14.9. The fourth-order valence-corrected chi connectivity index (χ4v) is 3.02. The minimum atomic E-state index is -4.28. The first kappa shape index (κ1) is 14.2. The van der Waals surface area contributed by atoms with Crippen LogP contribution in [0, 0.1) is 6.42 Å². The molecule has 1 aliphatic carbocycles. The van der Waals surface area contributed by atoms with Crippen LogP contribution in [0.5, 0.6) is 0 Å². The maximum Gasteiger partial charge on any atom is 0.416 e. The van der Waals surface area contributed by atoms with Crippen molar-refractivity contribution >= 4 is 0 Å². The summed E-state index contributed by atoms with van der Waals surface area (Å²) in [6.45, 7) is 0. The minimum Gasteiger partial charge on any atom is -0.166 e. The highest BCUT2D eigenvalue weighted by atomic mass is 19.4. The Morgan fingerprint density at radius 2 is 1.81 bits per heavy atom. The van der Waals surface area contributed by atoms with Crippen LogP contribution in [0.1, 0.15) is 41.0 Å². The molecule has 0 nitrogen and oxygen atoms in total. The Morgan fingerprint density at radius 3 is 2.62 bits per heavy atom. The van der Waals surface area contributed by atoms with Crippen molar-refractivity contribution < 1.29 is 13.2 Å². The largest absolute Gasteiger partial charge is 0.416 e. The molecule has 21 heavy (non-hydrogen) atoms. The molecule has 0 N–H and O–H groups in total. The molecule has 0 heterocycles. The molecule has 0 aromatic heterocycles. The first-order valence-electron chi connectivity index (χ1n) is 7.14. The van der Waals surface area contributed by atoms with Gasteiger partial charge in [-0.1, -0.05) is 42.5 Å². The molecule has 2 aromatic rings. The van der Waals surface area contributed by atoms with Crippen molar-refractivity contribution in [3.63, 3.8) is 0 Å². The summed E-state index contributed by atoms with van der Waals surface area (Å²) in [6.07, 6.45) is 0.815. The van der Waals surface area contributed by atoms with Crippen LogP contribution in [0.25, 0.3) is 0 Å². The van der Waals surface area contributed by atoms with Crippen LogP contribution >= 0.6 is 0 Å². The summed E-state index contributed by atoms with van der Waals surface area (Å²) in [5.74, 6) is 0.207. The number of rotatable bonds is 2. The van der Waals surface area contributed by atoms with Gasteiger partial charge in [-0.3, -0.25) is 0 Å². The summed E-state index contributed by atoms with van der Waals surface area (Å²) in [5, 5.41) is 0. The third-order valence-electron chi connectivity index (χ3n) is 4.02. The lowest BCUT2D eigenvalue weighted by Crippen LogP contribution is -2.11. The lowest BCUT2D eigenvalue weighted by atomic mass is 9.79. The third kappa shape index (κ3) is 3.12. The Bertz CT molecular complexity index is 628. The fourth-order valence-electron chi connectivity index (χ4n) is 3.02. The summed E-state index contributed by atoms with van der Waals surface area (Å²) in [4.78, 5) is 0. The SMILES string of the molecule is FC(F)(F)c1cccc([CH]C2CCCc3ccccc32)c1. The summed E-state index contributed by atoms with van der Waals surface area (Å²) in [7, 11) is 0. The normalized spacial score (nSPS) is 18.3. The van der Waals surface area contributed by atoms with Crippen LogP contribution in [-0.2, 0) is 12.6 Å².